The maximum Gasteiger partial charge on any atom is 0.203 e. The van der Waals surface area contributed by atoms with Crippen LogP contribution in [0.5, 0.6) is 17.2 Å². The molecular formula is C20H25ClN2O3. The zero-order valence-electron chi connectivity index (χ0n) is 15.5. The van der Waals surface area contributed by atoms with Gasteiger partial charge in [-0.25, -0.2) is 0 Å². The van der Waals surface area contributed by atoms with Crippen LogP contribution in [0.4, 0.5) is 5.69 Å². The number of hydrogen-bond acceptors (Lipinski definition) is 5. The van der Waals surface area contributed by atoms with Crippen molar-refractivity contribution in [3.8, 4) is 17.2 Å². The van der Waals surface area contributed by atoms with Crippen LogP contribution in [0.3, 0.4) is 0 Å². The smallest absolute Gasteiger partial charge is 0.203 e. The van der Waals surface area contributed by atoms with Gasteiger partial charge < -0.3 is 19.1 Å². The van der Waals surface area contributed by atoms with Gasteiger partial charge in [-0.05, 0) is 24.3 Å². The number of nitrogens with zero attached hydrogens (tertiary/aromatic N) is 2. The Hall–Kier alpha value is -2.11. The van der Waals surface area contributed by atoms with Gasteiger partial charge in [0.15, 0.2) is 11.5 Å². The quantitative estimate of drug-likeness (QED) is 0.768. The number of hydrogen-bond donors (Lipinski definition) is 0. The summed E-state index contributed by atoms with van der Waals surface area (Å²) in [6.45, 7) is 4.70. The number of methoxy groups -OCH3 is 3. The van der Waals surface area contributed by atoms with Crippen molar-refractivity contribution in [2.45, 2.75) is 6.54 Å². The zero-order chi connectivity index (χ0) is 18.5. The molecule has 5 nitrogen and oxygen atoms in total. The van der Waals surface area contributed by atoms with E-state index in [9.17, 15) is 0 Å². The topological polar surface area (TPSA) is 34.2 Å². The summed E-state index contributed by atoms with van der Waals surface area (Å²) in [5, 5.41) is 0.778. The summed E-state index contributed by atoms with van der Waals surface area (Å²) in [6, 6.07) is 12.0. The molecular weight excluding hydrogens is 352 g/mol. The van der Waals surface area contributed by atoms with Crippen molar-refractivity contribution in [2.24, 2.45) is 0 Å². The number of rotatable bonds is 6. The molecule has 0 radical (unpaired) electrons. The summed E-state index contributed by atoms with van der Waals surface area (Å²) < 4.78 is 16.4. The van der Waals surface area contributed by atoms with Crippen LogP contribution in [0.25, 0.3) is 0 Å². The lowest BCUT2D eigenvalue weighted by Crippen LogP contribution is -2.46. The molecule has 2 aromatic rings. The largest absolute Gasteiger partial charge is 0.493 e. The molecule has 140 valence electrons. The lowest BCUT2D eigenvalue weighted by atomic mass is 10.1. The third-order valence-electron chi connectivity index (χ3n) is 4.73. The highest BCUT2D eigenvalue weighted by Crippen LogP contribution is 2.40. The monoisotopic (exact) mass is 376 g/mol. The molecule has 0 aliphatic carbocycles. The van der Waals surface area contributed by atoms with Gasteiger partial charge in [0.1, 0.15) is 0 Å². The number of ether oxygens (including phenoxy) is 3. The van der Waals surface area contributed by atoms with Gasteiger partial charge in [-0.1, -0.05) is 23.7 Å². The Morgan fingerprint density at radius 1 is 0.885 bits per heavy atom. The maximum absolute atomic E-state index is 6.11. The normalized spacial score (nSPS) is 15.0. The van der Waals surface area contributed by atoms with Crippen LogP contribution in [-0.4, -0.2) is 52.4 Å². The fourth-order valence-electron chi connectivity index (χ4n) is 3.37. The van der Waals surface area contributed by atoms with Gasteiger partial charge in [0.25, 0.3) is 0 Å². The number of anilines is 1. The Balaban J connectivity index is 1.68. The summed E-state index contributed by atoms with van der Waals surface area (Å²) in [6.07, 6.45) is 0. The van der Waals surface area contributed by atoms with Crippen molar-refractivity contribution in [3.05, 3.63) is 47.0 Å². The summed E-state index contributed by atoms with van der Waals surface area (Å²) >= 11 is 6.11. The first-order valence-electron chi connectivity index (χ1n) is 8.67. The molecule has 0 spiro atoms. The zero-order valence-corrected chi connectivity index (χ0v) is 16.3. The van der Waals surface area contributed by atoms with Crippen molar-refractivity contribution in [3.63, 3.8) is 0 Å². The van der Waals surface area contributed by atoms with Gasteiger partial charge in [-0.2, -0.15) is 0 Å². The minimum atomic E-state index is 0.644. The number of benzene rings is 2. The van der Waals surface area contributed by atoms with Crippen molar-refractivity contribution < 1.29 is 14.2 Å². The van der Waals surface area contributed by atoms with Crippen molar-refractivity contribution in [2.75, 3.05) is 52.4 Å². The van der Waals surface area contributed by atoms with E-state index in [1.807, 2.05) is 30.3 Å². The van der Waals surface area contributed by atoms with E-state index < -0.39 is 0 Å². The molecule has 1 heterocycles. The molecule has 1 saturated heterocycles. The van der Waals surface area contributed by atoms with Crippen LogP contribution >= 0.6 is 11.6 Å². The van der Waals surface area contributed by atoms with Gasteiger partial charge in [0.05, 0.1) is 21.3 Å². The molecule has 0 saturated carbocycles. The Labute approximate surface area is 160 Å². The van der Waals surface area contributed by atoms with Crippen molar-refractivity contribution in [1.82, 2.24) is 4.90 Å². The van der Waals surface area contributed by atoms with E-state index in [2.05, 4.69) is 15.9 Å². The highest BCUT2D eigenvalue weighted by Gasteiger charge is 2.21. The van der Waals surface area contributed by atoms with E-state index in [1.54, 1.807) is 21.3 Å². The van der Waals surface area contributed by atoms with Gasteiger partial charge in [-0.15, -0.1) is 0 Å². The number of piperazine rings is 1. The lowest BCUT2D eigenvalue weighted by molar-refractivity contribution is 0.244. The molecule has 1 fully saturated rings. The molecule has 2 aromatic carbocycles. The van der Waals surface area contributed by atoms with Crippen LogP contribution in [0.15, 0.2) is 36.4 Å². The summed E-state index contributed by atoms with van der Waals surface area (Å²) in [7, 11) is 4.93. The summed E-state index contributed by atoms with van der Waals surface area (Å²) in [5.74, 6) is 2.06. The first kappa shape index (κ1) is 18.7. The van der Waals surface area contributed by atoms with Gasteiger partial charge in [0.2, 0.25) is 5.75 Å². The molecule has 0 bridgehead atoms. The predicted octanol–water partition coefficient (Wildman–Crippen LogP) is 3.69. The van der Waals surface area contributed by atoms with Crippen LogP contribution in [0.1, 0.15) is 5.56 Å². The molecule has 1 aliphatic heterocycles. The number of halogens is 1. The predicted molar refractivity (Wildman–Crippen MR) is 105 cm³/mol. The molecule has 0 atom stereocenters. The fraction of sp³-hybridized carbons (Fsp3) is 0.400. The lowest BCUT2D eigenvalue weighted by Gasteiger charge is -2.36. The fourth-order valence-corrected chi connectivity index (χ4v) is 3.55. The Morgan fingerprint density at radius 2 is 1.62 bits per heavy atom. The second-order valence-corrected chi connectivity index (χ2v) is 6.67. The molecule has 0 unspecified atom stereocenters. The molecule has 0 amide bonds. The minimum Gasteiger partial charge on any atom is -0.493 e. The third-order valence-corrected chi connectivity index (χ3v) is 4.96. The van der Waals surface area contributed by atoms with E-state index in [4.69, 9.17) is 25.8 Å². The molecule has 3 rings (SSSR count). The second-order valence-electron chi connectivity index (χ2n) is 6.24. The molecule has 0 N–H and O–H groups in total. The average Bonchev–Trinajstić information content (AvgIpc) is 2.68. The SMILES string of the molecule is COc1ccc(CN2CCN(c3cccc(Cl)c3)CC2)c(OC)c1OC. The van der Waals surface area contributed by atoms with Gasteiger partial charge in [0, 0.05) is 49.0 Å². The Kier molecular flexibility index (Phi) is 6.12. The first-order chi connectivity index (χ1) is 12.7. The molecule has 1 aliphatic rings. The van der Waals surface area contributed by atoms with Gasteiger partial charge in [-0.3, -0.25) is 4.90 Å². The van der Waals surface area contributed by atoms with Crippen molar-refractivity contribution in [1.29, 1.82) is 0 Å². The van der Waals surface area contributed by atoms with E-state index in [0.29, 0.717) is 11.5 Å². The molecule has 0 aromatic heterocycles. The third kappa shape index (κ3) is 4.00. The van der Waals surface area contributed by atoms with Crippen LogP contribution in [-0.2, 0) is 6.54 Å². The van der Waals surface area contributed by atoms with E-state index in [-0.39, 0.29) is 0 Å². The first-order valence-corrected chi connectivity index (χ1v) is 9.04. The Morgan fingerprint density at radius 3 is 2.23 bits per heavy atom. The van der Waals surface area contributed by atoms with E-state index >= 15 is 0 Å². The van der Waals surface area contributed by atoms with Crippen LogP contribution < -0.4 is 19.1 Å². The minimum absolute atomic E-state index is 0.644. The summed E-state index contributed by atoms with van der Waals surface area (Å²) in [4.78, 5) is 4.79. The molecule has 6 heteroatoms. The van der Waals surface area contributed by atoms with Crippen molar-refractivity contribution >= 4 is 17.3 Å². The van der Waals surface area contributed by atoms with Gasteiger partial charge >= 0.3 is 0 Å². The van der Waals surface area contributed by atoms with Crippen LogP contribution in [0, 0.1) is 0 Å². The highest BCUT2D eigenvalue weighted by atomic mass is 35.5. The maximum atomic E-state index is 6.11. The Bertz CT molecular complexity index is 746. The van der Waals surface area contributed by atoms with E-state index in [0.717, 1.165) is 49.1 Å². The highest BCUT2D eigenvalue weighted by molar-refractivity contribution is 6.30. The summed E-state index contributed by atoms with van der Waals surface area (Å²) in [5.41, 5.74) is 2.28. The standard InChI is InChI=1S/C20H25ClN2O3/c1-24-18-8-7-15(19(25-2)20(18)26-3)14-22-9-11-23(12-10-22)17-6-4-5-16(21)13-17/h4-8,13H,9-12,14H2,1-3H3. The molecule has 26 heavy (non-hydrogen) atoms. The second kappa shape index (κ2) is 8.52. The van der Waals surface area contributed by atoms with Crippen LogP contribution in [0.2, 0.25) is 5.02 Å². The average molecular weight is 377 g/mol. The van der Waals surface area contributed by atoms with E-state index in [1.165, 1.54) is 5.69 Å².